The molecule has 0 spiro atoms. The fraction of sp³-hybridized carbons (Fsp3) is 0.529. The summed E-state index contributed by atoms with van der Waals surface area (Å²) in [7, 11) is -1.41. The van der Waals surface area contributed by atoms with Crippen LogP contribution in [0, 0.1) is 5.92 Å². The molecule has 0 aromatic heterocycles. The summed E-state index contributed by atoms with van der Waals surface area (Å²) < 4.78 is 33.6. The second-order valence-corrected chi connectivity index (χ2v) is 8.25. The highest BCUT2D eigenvalue weighted by Crippen LogP contribution is 2.27. The maximum atomic E-state index is 11.8. The summed E-state index contributed by atoms with van der Waals surface area (Å²) >= 11 is 0. The number of carbonyl (C=O) groups excluding carboxylic acids is 1. The summed E-state index contributed by atoms with van der Waals surface area (Å²) in [5.41, 5.74) is 3.19. The Morgan fingerprint density at radius 1 is 1.40 bits per heavy atom. The summed E-state index contributed by atoms with van der Waals surface area (Å²) in [6, 6.07) is 5.37. The minimum Gasteiger partial charge on any atom is -0.493 e. The molecule has 0 aliphatic carbocycles. The Kier molecular flexibility index (Phi) is 6.81. The molecule has 0 unspecified atom stereocenters. The smallest absolute Gasteiger partial charge is 0.240 e. The lowest BCUT2D eigenvalue weighted by molar-refractivity contribution is -0.121. The van der Waals surface area contributed by atoms with Gasteiger partial charge in [-0.1, -0.05) is 6.92 Å². The van der Waals surface area contributed by atoms with Crippen LogP contribution in [0.5, 0.6) is 11.5 Å². The number of nitrogens with zero attached hydrogens (tertiary/aromatic N) is 1. The fourth-order valence-corrected chi connectivity index (χ4v) is 4.48. The van der Waals surface area contributed by atoms with E-state index in [0.717, 1.165) is 12.0 Å². The number of hydrogen-bond donors (Lipinski definition) is 1. The first kappa shape index (κ1) is 19.2. The molecule has 138 valence electrons. The van der Waals surface area contributed by atoms with Crippen molar-refractivity contribution >= 4 is 22.0 Å². The molecule has 1 fully saturated rings. The number of carbonyl (C=O) groups is 1. The third-order valence-corrected chi connectivity index (χ3v) is 5.69. The number of hydrogen-bond acceptors (Lipinski definition) is 6. The number of benzene rings is 1. The Labute approximate surface area is 148 Å². The molecule has 1 aromatic carbocycles. The van der Waals surface area contributed by atoms with Gasteiger partial charge in [-0.05, 0) is 42.5 Å². The van der Waals surface area contributed by atoms with E-state index in [1.807, 2.05) is 13.0 Å². The molecule has 8 heteroatoms. The van der Waals surface area contributed by atoms with Crippen LogP contribution in [0.15, 0.2) is 23.3 Å². The van der Waals surface area contributed by atoms with Crippen LogP contribution in [0.3, 0.4) is 0 Å². The zero-order valence-electron chi connectivity index (χ0n) is 14.5. The number of methoxy groups -OCH3 is 1. The first-order valence-corrected chi connectivity index (χ1v) is 10.1. The van der Waals surface area contributed by atoms with E-state index in [-0.39, 0.29) is 29.8 Å². The molecule has 25 heavy (non-hydrogen) atoms. The minimum absolute atomic E-state index is 0.0839. The number of nitrogens with one attached hydrogen (secondary N) is 1. The lowest BCUT2D eigenvalue weighted by atomic mass is 10.1. The predicted octanol–water partition coefficient (Wildman–Crippen LogP) is 1.76. The van der Waals surface area contributed by atoms with E-state index < -0.39 is 9.84 Å². The number of ether oxygens (including phenoxy) is 2. The number of rotatable bonds is 8. The molecule has 0 radical (unpaired) electrons. The van der Waals surface area contributed by atoms with Gasteiger partial charge in [-0.2, -0.15) is 5.10 Å². The first-order chi connectivity index (χ1) is 11.9. The van der Waals surface area contributed by atoms with E-state index in [1.165, 1.54) is 6.21 Å². The Hall–Kier alpha value is -2.09. The minimum atomic E-state index is -2.97. The van der Waals surface area contributed by atoms with Crippen molar-refractivity contribution in [3.8, 4) is 11.5 Å². The molecule has 0 bridgehead atoms. The van der Waals surface area contributed by atoms with Crippen LogP contribution in [0.2, 0.25) is 0 Å². The van der Waals surface area contributed by atoms with Crippen molar-refractivity contribution in [2.45, 2.75) is 26.2 Å². The highest BCUT2D eigenvalue weighted by molar-refractivity contribution is 7.91. The number of amides is 1. The van der Waals surface area contributed by atoms with Crippen molar-refractivity contribution in [3.05, 3.63) is 23.8 Å². The second-order valence-electron chi connectivity index (χ2n) is 6.03. The number of hydrazone groups is 1. The summed E-state index contributed by atoms with van der Waals surface area (Å²) in [6.45, 7) is 2.63. The van der Waals surface area contributed by atoms with Crippen molar-refractivity contribution in [1.82, 2.24) is 5.43 Å². The Morgan fingerprint density at radius 2 is 2.20 bits per heavy atom. The highest BCUT2D eigenvalue weighted by Gasteiger charge is 2.29. The average molecular weight is 368 g/mol. The molecule has 1 atom stereocenters. The van der Waals surface area contributed by atoms with E-state index in [1.54, 1.807) is 19.2 Å². The number of sulfone groups is 1. The van der Waals surface area contributed by atoms with Crippen LogP contribution in [-0.2, 0) is 14.6 Å². The molecule has 1 aliphatic heterocycles. The van der Waals surface area contributed by atoms with Crippen molar-refractivity contribution < 1.29 is 22.7 Å². The third-order valence-electron chi connectivity index (χ3n) is 3.85. The molecule has 1 heterocycles. The van der Waals surface area contributed by atoms with E-state index >= 15 is 0 Å². The van der Waals surface area contributed by atoms with Gasteiger partial charge in [-0.15, -0.1) is 0 Å². The van der Waals surface area contributed by atoms with Crippen LogP contribution in [-0.4, -0.2) is 45.8 Å². The van der Waals surface area contributed by atoms with E-state index in [9.17, 15) is 13.2 Å². The van der Waals surface area contributed by atoms with Gasteiger partial charge in [0.1, 0.15) is 0 Å². The molecule has 7 nitrogen and oxygen atoms in total. The van der Waals surface area contributed by atoms with Gasteiger partial charge >= 0.3 is 0 Å². The van der Waals surface area contributed by atoms with E-state index in [2.05, 4.69) is 10.5 Å². The van der Waals surface area contributed by atoms with Gasteiger partial charge in [0.15, 0.2) is 21.3 Å². The largest absolute Gasteiger partial charge is 0.493 e. The third kappa shape index (κ3) is 6.04. The maximum Gasteiger partial charge on any atom is 0.240 e. The Bertz CT molecular complexity index is 731. The fourth-order valence-electron chi connectivity index (χ4n) is 2.62. The predicted molar refractivity (Wildman–Crippen MR) is 95.9 cm³/mol. The highest BCUT2D eigenvalue weighted by atomic mass is 32.2. The zero-order chi connectivity index (χ0) is 18.3. The molecule has 1 aromatic rings. The summed E-state index contributed by atoms with van der Waals surface area (Å²) in [5.74, 6) is 1.11. The molecule has 0 saturated carbocycles. The molecular weight excluding hydrogens is 344 g/mol. The van der Waals surface area contributed by atoms with Crippen molar-refractivity contribution in [2.75, 3.05) is 25.2 Å². The van der Waals surface area contributed by atoms with Crippen molar-refractivity contribution in [2.24, 2.45) is 11.0 Å². The van der Waals surface area contributed by atoms with Gasteiger partial charge in [0, 0.05) is 6.42 Å². The van der Waals surface area contributed by atoms with Crippen LogP contribution >= 0.6 is 0 Å². The SMILES string of the molecule is CCCOc1ccc(/C=N\NC(=O)C[C@@H]2CCS(=O)(=O)C2)cc1OC. The van der Waals surface area contributed by atoms with Crippen molar-refractivity contribution in [1.29, 1.82) is 0 Å². The van der Waals surface area contributed by atoms with Crippen LogP contribution in [0.4, 0.5) is 0 Å². The van der Waals surface area contributed by atoms with Gasteiger partial charge in [0.05, 0.1) is 31.4 Å². The molecule has 1 N–H and O–H groups in total. The monoisotopic (exact) mass is 368 g/mol. The Balaban J connectivity index is 1.87. The second kappa shape index (κ2) is 8.84. The lowest BCUT2D eigenvalue weighted by Crippen LogP contribution is -2.21. The van der Waals surface area contributed by atoms with E-state index in [0.29, 0.717) is 24.5 Å². The van der Waals surface area contributed by atoms with Gasteiger partial charge in [-0.25, -0.2) is 13.8 Å². The van der Waals surface area contributed by atoms with Crippen LogP contribution in [0.25, 0.3) is 0 Å². The average Bonchev–Trinajstić information content (AvgIpc) is 2.91. The molecule has 1 aliphatic rings. The van der Waals surface area contributed by atoms with Crippen molar-refractivity contribution in [3.63, 3.8) is 0 Å². The molecule has 1 saturated heterocycles. The summed E-state index contributed by atoms with van der Waals surface area (Å²) in [4.78, 5) is 11.8. The van der Waals surface area contributed by atoms with Gasteiger partial charge in [0.25, 0.3) is 0 Å². The van der Waals surface area contributed by atoms with Gasteiger partial charge in [0.2, 0.25) is 5.91 Å². The lowest BCUT2D eigenvalue weighted by Gasteiger charge is -2.10. The molecule has 1 amide bonds. The molecule has 2 rings (SSSR count). The topological polar surface area (TPSA) is 94.1 Å². The zero-order valence-corrected chi connectivity index (χ0v) is 15.3. The van der Waals surface area contributed by atoms with Crippen LogP contribution in [0.1, 0.15) is 31.7 Å². The normalized spacial score (nSPS) is 19.0. The van der Waals surface area contributed by atoms with Gasteiger partial charge < -0.3 is 9.47 Å². The van der Waals surface area contributed by atoms with Gasteiger partial charge in [-0.3, -0.25) is 4.79 Å². The standard InChI is InChI=1S/C17H24N2O5S/c1-3-7-24-15-5-4-13(9-16(15)23-2)11-18-19-17(20)10-14-6-8-25(21,22)12-14/h4-5,9,11,14H,3,6-8,10,12H2,1-2H3,(H,19,20)/b18-11-/t14-/m0/s1. The first-order valence-electron chi connectivity index (χ1n) is 8.26. The van der Waals surface area contributed by atoms with Crippen LogP contribution < -0.4 is 14.9 Å². The molecular formula is C17H24N2O5S. The summed E-state index contributed by atoms with van der Waals surface area (Å²) in [6.07, 6.45) is 3.12. The summed E-state index contributed by atoms with van der Waals surface area (Å²) in [5, 5.41) is 3.92. The maximum absolute atomic E-state index is 11.8. The Morgan fingerprint density at radius 3 is 2.84 bits per heavy atom. The quantitative estimate of drug-likeness (QED) is 0.557. The van der Waals surface area contributed by atoms with E-state index in [4.69, 9.17) is 9.47 Å².